The minimum absolute atomic E-state index is 0.392. The molecule has 27 heavy (non-hydrogen) atoms. The Morgan fingerprint density at radius 2 is 1.78 bits per heavy atom. The molecule has 1 aliphatic rings. The van der Waals surface area contributed by atoms with Gasteiger partial charge in [-0.1, -0.05) is 66.2 Å². The third-order valence-electron chi connectivity index (χ3n) is 4.98. The Balaban J connectivity index is 1.91. The van der Waals surface area contributed by atoms with E-state index in [1.165, 1.54) is 19.3 Å². The number of nitrogens with zero attached hydrogens (tertiary/aromatic N) is 3. The Bertz CT molecular complexity index is 961. The van der Waals surface area contributed by atoms with Crippen LogP contribution in [-0.2, 0) is 0 Å². The third-order valence-corrected chi connectivity index (χ3v) is 6.54. The van der Waals surface area contributed by atoms with Crippen molar-refractivity contribution in [2.45, 2.75) is 38.1 Å². The van der Waals surface area contributed by atoms with Crippen molar-refractivity contribution in [3.05, 3.63) is 56.3 Å². The van der Waals surface area contributed by atoms with Gasteiger partial charge in [-0.25, -0.2) is 4.98 Å². The lowest BCUT2D eigenvalue weighted by atomic mass is 9.96. The van der Waals surface area contributed by atoms with Gasteiger partial charge in [-0.05, 0) is 40.9 Å². The number of rotatable bonds is 3. The van der Waals surface area contributed by atoms with Crippen molar-refractivity contribution < 1.29 is 0 Å². The number of hydrogen-bond donors (Lipinski definition) is 0. The molecule has 1 aromatic carbocycles. The molecule has 7 heteroatoms. The van der Waals surface area contributed by atoms with Crippen LogP contribution in [0.15, 0.2) is 41.1 Å². The molecular weight excluding hydrogens is 469 g/mol. The molecule has 0 aliphatic heterocycles. The predicted octanol–water partition coefficient (Wildman–Crippen LogP) is 7.84. The molecule has 0 N–H and O–H groups in total. The van der Waals surface area contributed by atoms with E-state index in [9.17, 15) is 0 Å². The van der Waals surface area contributed by atoms with E-state index in [1.807, 2.05) is 18.2 Å². The molecule has 0 spiro atoms. The SMILES string of the molecule is Clc1cccc(-c2cn(C3CCCCC3)nc2-c2cc(Br)cnc2Cl)c1Cl. The van der Waals surface area contributed by atoms with E-state index >= 15 is 0 Å². The zero-order valence-corrected chi connectivity index (χ0v) is 18.3. The van der Waals surface area contributed by atoms with Crippen molar-refractivity contribution >= 4 is 50.7 Å². The number of benzene rings is 1. The number of halogens is 4. The summed E-state index contributed by atoms with van der Waals surface area (Å²) >= 11 is 22.7. The van der Waals surface area contributed by atoms with Crippen LogP contribution in [-0.4, -0.2) is 14.8 Å². The zero-order chi connectivity index (χ0) is 19.0. The minimum atomic E-state index is 0.392. The molecule has 1 aliphatic carbocycles. The molecule has 3 aromatic rings. The van der Waals surface area contributed by atoms with Crippen LogP contribution in [0.2, 0.25) is 15.2 Å². The first kappa shape index (κ1) is 19.3. The smallest absolute Gasteiger partial charge is 0.138 e. The fourth-order valence-corrected chi connectivity index (χ4v) is 4.55. The largest absolute Gasteiger partial charge is 0.268 e. The fourth-order valence-electron chi connectivity index (χ4n) is 3.62. The molecule has 4 rings (SSSR count). The third kappa shape index (κ3) is 3.91. The molecule has 0 amide bonds. The van der Waals surface area contributed by atoms with E-state index in [1.54, 1.807) is 12.3 Å². The van der Waals surface area contributed by atoms with Crippen molar-refractivity contribution in [3.8, 4) is 22.4 Å². The van der Waals surface area contributed by atoms with Gasteiger partial charge in [0.05, 0.1) is 16.1 Å². The van der Waals surface area contributed by atoms with Gasteiger partial charge in [0.25, 0.3) is 0 Å². The van der Waals surface area contributed by atoms with Crippen molar-refractivity contribution in [2.24, 2.45) is 0 Å². The first-order valence-corrected chi connectivity index (χ1v) is 10.8. The van der Waals surface area contributed by atoms with Gasteiger partial charge in [-0.15, -0.1) is 0 Å². The van der Waals surface area contributed by atoms with Gasteiger partial charge in [0.15, 0.2) is 0 Å². The topological polar surface area (TPSA) is 30.7 Å². The predicted molar refractivity (Wildman–Crippen MR) is 116 cm³/mol. The Hall–Kier alpha value is -1.07. The normalized spacial score (nSPS) is 15.3. The molecule has 0 radical (unpaired) electrons. The molecule has 1 saturated carbocycles. The highest BCUT2D eigenvalue weighted by molar-refractivity contribution is 9.10. The van der Waals surface area contributed by atoms with E-state index in [4.69, 9.17) is 39.9 Å². The van der Waals surface area contributed by atoms with Gasteiger partial charge < -0.3 is 0 Å². The molecule has 140 valence electrons. The molecule has 0 atom stereocenters. The number of aromatic nitrogens is 3. The molecule has 2 aromatic heterocycles. The average molecular weight is 486 g/mol. The lowest BCUT2D eigenvalue weighted by molar-refractivity contribution is 0.330. The molecule has 0 unspecified atom stereocenters. The molecular formula is C20H17BrCl3N3. The van der Waals surface area contributed by atoms with E-state index in [0.717, 1.165) is 39.7 Å². The van der Waals surface area contributed by atoms with Gasteiger partial charge in [0.2, 0.25) is 0 Å². The summed E-state index contributed by atoms with van der Waals surface area (Å²) in [6.07, 6.45) is 9.76. The highest BCUT2D eigenvalue weighted by atomic mass is 79.9. The van der Waals surface area contributed by atoms with Crippen LogP contribution in [0.4, 0.5) is 0 Å². The Kier molecular flexibility index (Phi) is 5.79. The van der Waals surface area contributed by atoms with Crippen LogP contribution in [0.5, 0.6) is 0 Å². The van der Waals surface area contributed by atoms with Crippen LogP contribution in [0.1, 0.15) is 38.1 Å². The Morgan fingerprint density at radius 1 is 1.00 bits per heavy atom. The summed E-state index contributed by atoms with van der Waals surface area (Å²) in [5.41, 5.74) is 3.29. The van der Waals surface area contributed by atoms with Crippen LogP contribution in [0.25, 0.3) is 22.4 Å². The Labute approximate surface area is 181 Å². The summed E-state index contributed by atoms with van der Waals surface area (Å²) in [5.74, 6) is 0. The maximum atomic E-state index is 6.53. The van der Waals surface area contributed by atoms with Gasteiger partial charge >= 0.3 is 0 Å². The molecule has 1 fully saturated rings. The van der Waals surface area contributed by atoms with Crippen LogP contribution < -0.4 is 0 Å². The van der Waals surface area contributed by atoms with Crippen molar-refractivity contribution in [2.75, 3.05) is 0 Å². The summed E-state index contributed by atoms with van der Waals surface area (Å²) in [6.45, 7) is 0. The lowest BCUT2D eigenvalue weighted by Crippen LogP contribution is -2.13. The van der Waals surface area contributed by atoms with Crippen molar-refractivity contribution in [1.29, 1.82) is 0 Å². The monoisotopic (exact) mass is 483 g/mol. The van der Waals surface area contributed by atoms with E-state index < -0.39 is 0 Å². The summed E-state index contributed by atoms with van der Waals surface area (Å²) in [7, 11) is 0. The molecule has 2 heterocycles. The van der Waals surface area contributed by atoms with Crippen molar-refractivity contribution in [3.63, 3.8) is 0 Å². The maximum Gasteiger partial charge on any atom is 0.138 e. The summed E-state index contributed by atoms with van der Waals surface area (Å²) < 4.78 is 2.91. The van der Waals surface area contributed by atoms with Gasteiger partial charge in [0.1, 0.15) is 10.8 Å². The first-order chi connectivity index (χ1) is 13.0. The number of pyridine rings is 1. The standard InChI is InChI=1S/C20H17BrCl3N3/c21-12-9-15(20(24)25-10-12)19-16(14-7-4-8-17(22)18(14)23)11-27(26-19)13-5-2-1-3-6-13/h4,7-11,13H,1-3,5-6H2. The van der Waals surface area contributed by atoms with Gasteiger partial charge in [0, 0.05) is 33.6 Å². The summed E-state index contributed by atoms with van der Waals surface area (Å²) in [6, 6.07) is 7.96. The zero-order valence-electron chi connectivity index (χ0n) is 14.4. The number of hydrogen-bond acceptors (Lipinski definition) is 2. The van der Waals surface area contributed by atoms with Crippen molar-refractivity contribution in [1.82, 2.24) is 14.8 Å². The molecule has 0 bridgehead atoms. The highest BCUT2D eigenvalue weighted by Gasteiger charge is 2.23. The second kappa shape index (κ2) is 8.12. The van der Waals surface area contributed by atoms with Crippen LogP contribution >= 0.6 is 50.7 Å². The summed E-state index contributed by atoms with van der Waals surface area (Å²) in [4.78, 5) is 4.26. The van der Waals surface area contributed by atoms with E-state index in [2.05, 4.69) is 31.8 Å². The van der Waals surface area contributed by atoms with Gasteiger partial charge in [-0.2, -0.15) is 5.10 Å². The molecule has 0 saturated heterocycles. The second-order valence-electron chi connectivity index (χ2n) is 6.76. The minimum Gasteiger partial charge on any atom is -0.268 e. The van der Waals surface area contributed by atoms with Crippen LogP contribution in [0, 0.1) is 0 Å². The maximum absolute atomic E-state index is 6.53. The van der Waals surface area contributed by atoms with E-state index in [0.29, 0.717) is 21.2 Å². The van der Waals surface area contributed by atoms with Crippen LogP contribution in [0.3, 0.4) is 0 Å². The second-order valence-corrected chi connectivity index (χ2v) is 8.82. The quantitative estimate of drug-likeness (QED) is 0.354. The summed E-state index contributed by atoms with van der Waals surface area (Å²) in [5, 5.41) is 6.37. The van der Waals surface area contributed by atoms with Gasteiger partial charge in [-0.3, -0.25) is 4.68 Å². The van der Waals surface area contributed by atoms with E-state index in [-0.39, 0.29) is 0 Å². The first-order valence-electron chi connectivity index (χ1n) is 8.89. The lowest BCUT2D eigenvalue weighted by Gasteiger charge is -2.21. The highest BCUT2D eigenvalue weighted by Crippen LogP contribution is 2.41. The average Bonchev–Trinajstić information content (AvgIpc) is 3.11. The molecule has 3 nitrogen and oxygen atoms in total. The Morgan fingerprint density at radius 3 is 2.56 bits per heavy atom. The fraction of sp³-hybridized carbons (Fsp3) is 0.300.